The lowest BCUT2D eigenvalue weighted by molar-refractivity contribution is -0.886. The second-order valence-corrected chi connectivity index (χ2v) is 4.83. The molecule has 0 bridgehead atoms. The molecule has 1 saturated heterocycles. The molecule has 3 heteroatoms. The van der Waals surface area contributed by atoms with Crippen molar-refractivity contribution in [2.24, 2.45) is 0 Å². The highest BCUT2D eigenvalue weighted by Crippen LogP contribution is 2.02. The molecule has 0 radical (unpaired) electrons. The molecule has 92 valence electrons. The Balaban J connectivity index is 1.75. The topological polar surface area (TPSA) is 33.5 Å². The highest BCUT2D eigenvalue weighted by molar-refractivity contribution is 5.94. The lowest BCUT2D eigenvalue weighted by atomic mass is 10.1. The molecule has 1 fully saturated rings. The summed E-state index contributed by atoms with van der Waals surface area (Å²) in [5, 5.41) is 2.99. The van der Waals surface area contributed by atoms with Gasteiger partial charge in [-0.1, -0.05) is 17.7 Å². The molecule has 0 aliphatic carbocycles. The van der Waals surface area contributed by atoms with Crippen LogP contribution in [-0.4, -0.2) is 32.1 Å². The molecule has 1 aliphatic heterocycles. The molecule has 1 amide bonds. The van der Waals surface area contributed by atoms with E-state index in [0.717, 1.165) is 18.7 Å². The van der Waals surface area contributed by atoms with Gasteiger partial charge in [0.05, 0.1) is 26.2 Å². The first-order chi connectivity index (χ1) is 8.25. The van der Waals surface area contributed by atoms with E-state index in [4.69, 9.17) is 0 Å². The van der Waals surface area contributed by atoms with E-state index in [-0.39, 0.29) is 5.91 Å². The van der Waals surface area contributed by atoms with E-state index in [1.54, 1.807) is 4.90 Å². The van der Waals surface area contributed by atoms with Gasteiger partial charge in [-0.05, 0) is 19.1 Å². The van der Waals surface area contributed by atoms with Gasteiger partial charge in [0.25, 0.3) is 5.91 Å². The van der Waals surface area contributed by atoms with Crippen molar-refractivity contribution in [3.8, 4) is 0 Å². The van der Waals surface area contributed by atoms with Crippen LogP contribution in [-0.2, 0) is 0 Å². The maximum atomic E-state index is 11.8. The Labute approximate surface area is 103 Å². The third-order valence-electron chi connectivity index (χ3n) is 3.39. The zero-order chi connectivity index (χ0) is 12.1. The predicted molar refractivity (Wildman–Crippen MR) is 68.3 cm³/mol. The van der Waals surface area contributed by atoms with Crippen molar-refractivity contribution in [2.75, 3.05) is 26.2 Å². The van der Waals surface area contributed by atoms with Gasteiger partial charge in [0.15, 0.2) is 0 Å². The number of carbonyl (C=O) groups is 1. The summed E-state index contributed by atoms with van der Waals surface area (Å²) in [6.45, 7) is 6.39. The molecular formula is C14H21N2O+. The number of nitrogens with one attached hydrogen (secondary N) is 2. The first-order valence-corrected chi connectivity index (χ1v) is 6.44. The fourth-order valence-electron chi connectivity index (χ4n) is 2.28. The molecule has 17 heavy (non-hydrogen) atoms. The molecule has 2 N–H and O–H groups in total. The Morgan fingerprint density at radius 1 is 1.24 bits per heavy atom. The van der Waals surface area contributed by atoms with Gasteiger partial charge in [-0.15, -0.1) is 0 Å². The second-order valence-electron chi connectivity index (χ2n) is 4.83. The van der Waals surface area contributed by atoms with Gasteiger partial charge in [-0.2, -0.15) is 0 Å². The molecule has 0 unspecified atom stereocenters. The van der Waals surface area contributed by atoms with E-state index in [1.807, 2.05) is 31.2 Å². The predicted octanol–water partition coefficient (Wildman–Crippen LogP) is 0.404. The molecule has 1 aromatic carbocycles. The van der Waals surface area contributed by atoms with E-state index in [9.17, 15) is 4.79 Å². The molecule has 2 rings (SSSR count). The normalized spacial score (nSPS) is 16.1. The van der Waals surface area contributed by atoms with Crippen LogP contribution in [0.5, 0.6) is 0 Å². The Hall–Kier alpha value is -1.35. The largest absolute Gasteiger partial charge is 0.346 e. The van der Waals surface area contributed by atoms with Crippen molar-refractivity contribution in [1.29, 1.82) is 0 Å². The maximum Gasteiger partial charge on any atom is 0.251 e. The summed E-state index contributed by atoms with van der Waals surface area (Å²) >= 11 is 0. The van der Waals surface area contributed by atoms with Crippen LogP contribution < -0.4 is 10.2 Å². The van der Waals surface area contributed by atoms with Crippen molar-refractivity contribution >= 4 is 5.91 Å². The number of quaternary nitrogens is 1. The Morgan fingerprint density at radius 2 is 1.88 bits per heavy atom. The minimum Gasteiger partial charge on any atom is -0.346 e. The lowest BCUT2D eigenvalue weighted by Gasteiger charge is -2.12. The quantitative estimate of drug-likeness (QED) is 0.775. The molecular weight excluding hydrogens is 212 g/mol. The second kappa shape index (κ2) is 5.82. The van der Waals surface area contributed by atoms with E-state index >= 15 is 0 Å². The summed E-state index contributed by atoms with van der Waals surface area (Å²) in [6.07, 6.45) is 2.67. The van der Waals surface area contributed by atoms with Crippen LogP contribution in [0.15, 0.2) is 24.3 Å². The molecule has 0 aromatic heterocycles. The van der Waals surface area contributed by atoms with Crippen LogP contribution in [0.2, 0.25) is 0 Å². The smallest absolute Gasteiger partial charge is 0.251 e. The molecule has 0 atom stereocenters. The van der Waals surface area contributed by atoms with Crippen molar-refractivity contribution in [1.82, 2.24) is 5.32 Å². The number of rotatable bonds is 4. The van der Waals surface area contributed by atoms with E-state index in [0.29, 0.717) is 0 Å². The third-order valence-corrected chi connectivity index (χ3v) is 3.39. The standard InChI is InChI=1S/C14H20N2O/c1-12-4-6-13(7-5-12)14(17)15-8-11-16-9-2-3-10-16/h4-7H,2-3,8-11H2,1H3,(H,15,17)/p+1. The molecule has 1 heterocycles. The van der Waals surface area contributed by atoms with Crippen molar-refractivity contribution in [3.05, 3.63) is 35.4 Å². The number of hydrogen-bond donors (Lipinski definition) is 2. The lowest BCUT2D eigenvalue weighted by Crippen LogP contribution is -3.10. The summed E-state index contributed by atoms with van der Waals surface area (Å²) in [6, 6.07) is 7.71. The SMILES string of the molecule is Cc1ccc(C(=O)NCC[NH+]2CCCC2)cc1. The van der Waals surface area contributed by atoms with Crippen LogP contribution in [0.25, 0.3) is 0 Å². The van der Waals surface area contributed by atoms with Gasteiger partial charge in [0.2, 0.25) is 0 Å². The van der Waals surface area contributed by atoms with Crippen molar-refractivity contribution in [2.45, 2.75) is 19.8 Å². The maximum absolute atomic E-state index is 11.8. The minimum absolute atomic E-state index is 0.0450. The van der Waals surface area contributed by atoms with Crippen LogP contribution in [0.1, 0.15) is 28.8 Å². The fourth-order valence-corrected chi connectivity index (χ4v) is 2.28. The molecule has 0 saturated carbocycles. The van der Waals surface area contributed by atoms with Gasteiger partial charge in [-0.25, -0.2) is 0 Å². The van der Waals surface area contributed by atoms with E-state index in [1.165, 1.54) is 31.5 Å². The summed E-state index contributed by atoms with van der Waals surface area (Å²) in [4.78, 5) is 13.4. The van der Waals surface area contributed by atoms with Crippen molar-refractivity contribution < 1.29 is 9.69 Å². The van der Waals surface area contributed by atoms with Crippen LogP contribution in [0.4, 0.5) is 0 Å². The molecule has 1 aliphatic rings. The molecule has 1 aromatic rings. The fraction of sp³-hybridized carbons (Fsp3) is 0.500. The van der Waals surface area contributed by atoms with Gasteiger partial charge in [0, 0.05) is 18.4 Å². The summed E-state index contributed by atoms with van der Waals surface area (Å²) in [5.41, 5.74) is 1.94. The number of amides is 1. The average Bonchev–Trinajstić information content (AvgIpc) is 2.83. The summed E-state index contributed by atoms with van der Waals surface area (Å²) < 4.78 is 0. The van der Waals surface area contributed by atoms with Crippen molar-refractivity contribution in [3.63, 3.8) is 0 Å². The van der Waals surface area contributed by atoms with Crippen LogP contribution >= 0.6 is 0 Å². The van der Waals surface area contributed by atoms with E-state index < -0.39 is 0 Å². The summed E-state index contributed by atoms with van der Waals surface area (Å²) in [7, 11) is 0. The highest BCUT2D eigenvalue weighted by atomic mass is 16.1. The van der Waals surface area contributed by atoms with Gasteiger partial charge >= 0.3 is 0 Å². The average molecular weight is 233 g/mol. The number of hydrogen-bond acceptors (Lipinski definition) is 1. The zero-order valence-electron chi connectivity index (χ0n) is 10.5. The third kappa shape index (κ3) is 3.56. The monoisotopic (exact) mass is 233 g/mol. The minimum atomic E-state index is 0.0450. The molecule has 3 nitrogen and oxygen atoms in total. The van der Waals surface area contributed by atoms with Gasteiger partial charge < -0.3 is 10.2 Å². The number of likely N-dealkylation sites (tertiary alicyclic amines) is 1. The first kappa shape index (κ1) is 12.1. The number of aryl methyl sites for hydroxylation is 1. The van der Waals surface area contributed by atoms with Gasteiger partial charge in [0.1, 0.15) is 0 Å². The highest BCUT2D eigenvalue weighted by Gasteiger charge is 2.14. The van der Waals surface area contributed by atoms with Crippen LogP contribution in [0, 0.1) is 6.92 Å². The van der Waals surface area contributed by atoms with Gasteiger partial charge in [-0.3, -0.25) is 4.79 Å². The van der Waals surface area contributed by atoms with E-state index in [2.05, 4.69) is 5.32 Å². The zero-order valence-corrected chi connectivity index (χ0v) is 10.5. The Bertz CT molecular complexity index is 366. The van der Waals surface area contributed by atoms with Crippen LogP contribution in [0.3, 0.4) is 0 Å². The molecule has 0 spiro atoms. The Morgan fingerprint density at radius 3 is 2.53 bits per heavy atom. The number of carbonyl (C=O) groups excluding carboxylic acids is 1. The first-order valence-electron chi connectivity index (χ1n) is 6.44. The Kier molecular flexibility index (Phi) is 4.15. The summed E-state index contributed by atoms with van der Waals surface area (Å²) in [5.74, 6) is 0.0450. The number of benzene rings is 1.